The average molecular weight is 291 g/mol. The standard InChI is InChI=1S/C13H11BrN2O/c14-10-8-15-6-4-12(10)16-7-5-9-11(16)2-1-3-13(9)17/h4-8H,1-3H2. The number of rotatable bonds is 1. The van der Waals surface area contributed by atoms with Crippen LogP contribution in [0.2, 0.25) is 0 Å². The fraction of sp³-hybridized carbons (Fsp3) is 0.231. The van der Waals surface area contributed by atoms with Crippen LogP contribution >= 0.6 is 15.9 Å². The van der Waals surface area contributed by atoms with Crippen LogP contribution in [0, 0.1) is 0 Å². The lowest BCUT2D eigenvalue weighted by Crippen LogP contribution is -2.12. The van der Waals surface area contributed by atoms with Gasteiger partial charge in [-0.3, -0.25) is 9.78 Å². The number of hydrogen-bond donors (Lipinski definition) is 0. The van der Waals surface area contributed by atoms with Crippen LogP contribution in [0.3, 0.4) is 0 Å². The Bertz CT molecular complexity index is 589. The van der Waals surface area contributed by atoms with Gasteiger partial charge >= 0.3 is 0 Å². The third-order valence-corrected chi connectivity index (χ3v) is 3.73. The van der Waals surface area contributed by atoms with Gasteiger partial charge in [0.15, 0.2) is 5.78 Å². The number of nitrogens with zero attached hydrogens (tertiary/aromatic N) is 2. The van der Waals surface area contributed by atoms with E-state index >= 15 is 0 Å². The van der Waals surface area contributed by atoms with Crippen molar-refractivity contribution in [2.24, 2.45) is 0 Å². The van der Waals surface area contributed by atoms with Crippen LogP contribution < -0.4 is 0 Å². The van der Waals surface area contributed by atoms with Crippen molar-refractivity contribution in [1.82, 2.24) is 9.55 Å². The van der Waals surface area contributed by atoms with Crippen molar-refractivity contribution in [3.63, 3.8) is 0 Å². The number of ketones is 1. The Balaban J connectivity index is 2.17. The molecule has 2 aromatic rings. The number of aromatic nitrogens is 2. The van der Waals surface area contributed by atoms with Crippen LogP contribution in [0.25, 0.3) is 5.69 Å². The molecule has 0 N–H and O–H groups in total. The highest BCUT2D eigenvalue weighted by atomic mass is 79.9. The number of Topliss-reactive ketones (excluding diaryl/α,β-unsaturated/α-hetero) is 1. The fourth-order valence-electron chi connectivity index (χ4n) is 2.31. The van der Waals surface area contributed by atoms with Crippen molar-refractivity contribution in [2.45, 2.75) is 19.3 Å². The van der Waals surface area contributed by atoms with E-state index in [2.05, 4.69) is 25.5 Å². The molecule has 0 aliphatic heterocycles. The number of carbonyl (C=O) groups excluding carboxylic acids is 1. The van der Waals surface area contributed by atoms with Gasteiger partial charge in [0.1, 0.15) is 0 Å². The SMILES string of the molecule is O=C1CCCc2c1ccn2-c1ccncc1Br. The van der Waals surface area contributed by atoms with E-state index in [4.69, 9.17) is 0 Å². The molecule has 2 aromatic heterocycles. The van der Waals surface area contributed by atoms with E-state index in [0.29, 0.717) is 6.42 Å². The zero-order valence-electron chi connectivity index (χ0n) is 9.19. The van der Waals surface area contributed by atoms with Crippen molar-refractivity contribution in [2.75, 3.05) is 0 Å². The summed E-state index contributed by atoms with van der Waals surface area (Å²) in [6.07, 6.45) is 8.08. The summed E-state index contributed by atoms with van der Waals surface area (Å²) in [5, 5.41) is 0. The summed E-state index contributed by atoms with van der Waals surface area (Å²) in [5.41, 5.74) is 3.03. The Morgan fingerprint density at radius 2 is 2.18 bits per heavy atom. The first-order chi connectivity index (χ1) is 8.27. The predicted molar refractivity (Wildman–Crippen MR) is 68.5 cm³/mol. The minimum atomic E-state index is 0.259. The molecule has 0 aromatic carbocycles. The molecule has 4 heteroatoms. The van der Waals surface area contributed by atoms with Gasteiger partial charge in [-0.25, -0.2) is 0 Å². The van der Waals surface area contributed by atoms with E-state index in [-0.39, 0.29) is 5.78 Å². The van der Waals surface area contributed by atoms with Crippen molar-refractivity contribution in [1.29, 1.82) is 0 Å². The van der Waals surface area contributed by atoms with Crippen LogP contribution in [0.1, 0.15) is 28.9 Å². The van der Waals surface area contributed by atoms with Gasteiger partial charge < -0.3 is 4.57 Å². The van der Waals surface area contributed by atoms with Gasteiger partial charge in [0.05, 0.1) is 10.2 Å². The van der Waals surface area contributed by atoms with Gasteiger partial charge in [-0.2, -0.15) is 0 Å². The maximum Gasteiger partial charge on any atom is 0.164 e. The second-order valence-corrected chi connectivity index (χ2v) is 5.00. The Kier molecular flexibility index (Phi) is 2.59. The summed E-state index contributed by atoms with van der Waals surface area (Å²) < 4.78 is 3.02. The van der Waals surface area contributed by atoms with Gasteiger partial charge in [0.2, 0.25) is 0 Å². The monoisotopic (exact) mass is 290 g/mol. The number of carbonyl (C=O) groups is 1. The smallest absolute Gasteiger partial charge is 0.164 e. The van der Waals surface area contributed by atoms with Crippen molar-refractivity contribution in [3.05, 3.63) is 46.5 Å². The van der Waals surface area contributed by atoms with Crippen LogP contribution in [0.4, 0.5) is 0 Å². The highest BCUT2D eigenvalue weighted by molar-refractivity contribution is 9.10. The summed E-state index contributed by atoms with van der Waals surface area (Å²) in [6.45, 7) is 0. The lowest BCUT2D eigenvalue weighted by molar-refractivity contribution is 0.0972. The molecule has 0 saturated heterocycles. The van der Waals surface area contributed by atoms with Crippen LogP contribution in [-0.2, 0) is 6.42 Å². The summed E-state index contributed by atoms with van der Waals surface area (Å²) in [5.74, 6) is 0.259. The highest BCUT2D eigenvalue weighted by Crippen LogP contribution is 2.28. The summed E-state index contributed by atoms with van der Waals surface area (Å²) in [4.78, 5) is 15.8. The van der Waals surface area contributed by atoms with Crippen molar-refractivity contribution >= 4 is 21.7 Å². The van der Waals surface area contributed by atoms with E-state index in [0.717, 1.165) is 34.3 Å². The number of halogens is 1. The third kappa shape index (κ3) is 1.72. The quantitative estimate of drug-likeness (QED) is 0.809. The first kappa shape index (κ1) is 10.7. The first-order valence-corrected chi connectivity index (χ1v) is 6.40. The molecule has 3 nitrogen and oxygen atoms in total. The molecule has 0 unspecified atom stereocenters. The average Bonchev–Trinajstić information content (AvgIpc) is 2.75. The molecular formula is C13H11BrN2O. The van der Waals surface area contributed by atoms with Crippen LogP contribution in [-0.4, -0.2) is 15.3 Å². The highest BCUT2D eigenvalue weighted by Gasteiger charge is 2.21. The minimum Gasteiger partial charge on any atom is -0.319 e. The van der Waals surface area contributed by atoms with Gasteiger partial charge in [0.25, 0.3) is 0 Å². The second kappa shape index (κ2) is 4.11. The molecule has 0 atom stereocenters. The molecule has 0 saturated carbocycles. The maximum absolute atomic E-state index is 11.8. The molecule has 0 amide bonds. The van der Waals surface area contributed by atoms with Gasteiger partial charge in [0, 0.05) is 36.3 Å². The second-order valence-electron chi connectivity index (χ2n) is 4.15. The van der Waals surface area contributed by atoms with Gasteiger partial charge in [-0.05, 0) is 40.9 Å². The topological polar surface area (TPSA) is 34.9 Å². The summed E-state index contributed by atoms with van der Waals surface area (Å²) in [6, 6.07) is 3.87. The molecule has 1 aliphatic rings. The predicted octanol–water partition coefficient (Wildman–Crippen LogP) is 3.15. The first-order valence-electron chi connectivity index (χ1n) is 5.60. The Labute approximate surface area is 108 Å². The largest absolute Gasteiger partial charge is 0.319 e. The lowest BCUT2D eigenvalue weighted by Gasteiger charge is -2.15. The van der Waals surface area contributed by atoms with E-state index in [1.165, 1.54) is 0 Å². The Morgan fingerprint density at radius 3 is 3.00 bits per heavy atom. The summed E-state index contributed by atoms with van der Waals surface area (Å²) >= 11 is 3.49. The molecule has 0 spiro atoms. The van der Waals surface area contributed by atoms with Gasteiger partial charge in [-0.15, -0.1) is 0 Å². The molecule has 17 heavy (non-hydrogen) atoms. The molecular weight excluding hydrogens is 280 g/mol. The van der Waals surface area contributed by atoms with Gasteiger partial charge in [-0.1, -0.05) is 0 Å². The minimum absolute atomic E-state index is 0.259. The normalized spacial score (nSPS) is 14.8. The van der Waals surface area contributed by atoms with Crippen LogP contribution in [0.15, 0.2) is 35.2 Å². The van der Waals surface area contributed by atoms with E-state index in [1.807, 2.05) is 18.3 Å². The Hall–Kier alpha value is -1.42. The number of fused-ring (bicyclic) bond motifs is 1. The summed E-state index contributed by atoms with van der Waals surface area (Å²) in [7, 11) is 0. The van der Waals surface area contributed by atoms with Crippen LogP contribution in [0.5, 0.6) is 0 Å². The van der Waals surface area contributed by atoms with E-state index in [1.54, 1.807) is 12.4 Å². The zero-order valence-corrected chi connectivity index (χ0v) is 10.8. The van der Waals surface area contributed by atoms with E-state index < -0.39 is 0 Å². The van der Waals surface area contributed by atoms with Crippen molar-refractivity contribution in [3.8, 4) is 5.69 Å². The van der Waals surface area contributed by atoms with Crippen molar-refractivity contribution < 1.29 is 4.79 Å². The molecule has 2 heterocycles. The number of pyridine rings is 1. The third-order valence-electron chi connectivity index (χ3n) is 3.12. The molecule has 3 rings (SSSR count). The zero-order chi connectivity index (χ0) is 11.8. The molecule has 0 fully saturated rings. The molecule has 1 aliphatic carbocycles. The van der Waals surface area contributed by atoms with E-state index in [9.17, 15) is 4.79 Å². The lowest BCUT2D eigenvalue weighted by atomic mass is 9.97. The molecule has 0 bridgehead atoms. The molecule has 86 valence electrons. The number of hydrogen-bond acceptors (Lipinski definition) is 2. The maximum atomic E-state index is 11.8. The fourth-order valence-corrected chi connectivity index (χ4v) is 2.76. The molecule has 0 radical (unpaired) electrons. The Morgan fingerprint density at radius 1 is 1.29 bits per heavy atom.